The smallest absolute Gasteiger partial charge is 0.317 e. The van der Waals surface area contributed by atoms with Crippen molar-refractivity contribution in [3.05, 3.63) is 18.2 Å². The normalized spacial score (nSPS) is 20.3. The summed E-state index contributed by atoms with van der Waals surface area (Å²) in [6, 6.07) is 4.78. The number of fused-ring (bicyclic) bond motifs is 1. The molecule has 1 unspecified atom stereocenters. The number of carbonyl (C=O) groups is 1. The molecule has 25 heavy (non-hydrogen) atoms. The van der Waals surface area contributed by atoms with E-state index in [2.05, 4.69) is 5.32 Å². The SMILES string of the molecule is CCN(C(=O)NCCOc1ccc2c(c1)OCO2)C1CCS(=O)(=O)C1. The van der Waals surface area contributed by atoms with Crippen LogP contribution in [0, 0.1) is 0 Å². The number of ether oxygens (including phenoxy) is 3. The Bertz CT molecular complexity index is 736. The number of sulfone groups is 1. The first-order valence-electron chi connectivity index (χ1n) is 8.26. The molecule has 8 nitrogen and oxygen atoms in total. The predicted molar refractivity (Wildman–Crippen MR) is 90.9 cm³/mol. The van der Waals surface area contributed by atoms with Crippen LogP contribution in [0.3, 0.4) is 0 Å². The Labute approximate surface area is 147 Å². The van der Waals surface area contributed by atoms with E-state index in [4.69, 9.17) is 14.2 Å². The van der Waals surface area contributed by atoms with E-state index in [1.54, 1.807) is 23.1 Å². The third-order valence-electron chi connectivity index (χ3n) is 4.24. The molecule has 3 rings (SSSR count). The van der Waals surface area contributed by atoms with Gasteiger partial charge in [0.15, 0.2) is 21.3 Å². The fraction of sp³-hybridized carbons (Fsp3) is 0.562. The van der Waals surface area contributed by atoms with Crippen LogP contribution in [-0.4, -0.2) is 63.4 Å². The lowest BCUT2D eigenvalue weighted by molar-refractivity contribution is 0.173. The van der Waals surface area contributed by atoms with E-state index in [-0.39, 0.29) is 30.4 Å². The fourth-order valence-corrected chi connectivity index (χ4v) is 4.71. The van der Waals surface area contributed by atoms with Gasteiger partial charge in [-0.1, -0.05) is 0 Å². The van der Waals surface area contributed by atoms with Crippen molar-refractivity contribution in [3.63, 3.8) is 0 Å². The zero-order chi connectivity index (χ0) is 17.9. The van der Waals surface area contributed by atoms with E-state index in [0.29, 0.717) is 43.4 Å². The molecule has 0 spiro atoms. The molecule has 0 bridgehead atoms. The van der Waals surface area contributed by atoms with Crippen molar-refractivity contribution in [2.24, 2.45) is 0 Å². The van der Waals surface area contributed by atoms with E-state index in [9.17, 15) is 13.2 Å². The van der Waals surface area contributed by atoms with Crippen molar-refractivity contribution >= 4 is 15.9 Å². The van der Waals surface area contributed by atoms with E-state index in [1.165, 1.54) is 0 Å². The molecule has 0 aromatic heterocycles. The minimum absolute atomic E-state index is 0.0436. The summed E-state index contributed by atoms with van der Waals surface area (Å²) in [5.74, 6) is 2.15. The summed E-state index contributed by atoms with van der Waals surface area (Å²) in [4.78, 5) is 13.8. The maximum atomic E-state index is 12.3. The molecule has 1 atom stereocenters. The van der Waals surface area contributed by atoms with Crippen LogP contribution in [0.25, 0.3) is 0 Å². The summed E-state index contributed by atoms with van der Waals surface area (Å²) in [7, 11) is -3.02. The van der Waals surface area contributed by atoms with Gasteiger partial charge < -0.3 is 24.4 Å². The zero-order valence-corrected chi connectivity index (χ0v) is 14.9. The number of amides is 2. The number of benzene rings is 1. The van der Waals surface area contributed by atoms with Crippen molar-refractivity contribution in [2.45, 2.75) is 19.4 Å². The summed E-state index contributed by atoms with van der Waals surface area (Å²) in [6.07, 6.45) is 0.497. The topological polar surface area (TPSA) is 94.2 Å². The van der Waals surface area contributed by atoms with Crippen molar-refractivity contribution in [1.29, 1.82) is 0 Å². The van der Waals surface area contributed by atoms with Crippen LogP contribution in [0.5, 0.6) is 17.2 Å². The Morgan fingerprint density at radius 2 is 2.16 bits per heavy atom. The molecule has 0 radical (unpaired) electrons. The number of rotatable bonds is 6. The average Bonchev–Trinajstić information content (AvgIpc) is 3.18. The van der Waals surface area contributed by atoms with Gasteiger partial charge in [-0.25, -0.2) is 13.2 Å². The summed E-state index contributed by atoms with van der Waals surface area (Å²) in [5, 5.41) is 2.77. The lowest BCUT2D eigenvalue weighted by Gasteiger charge is -2.27. The Morgan fingerprint density at radius 1 is 1.36 bits per heavy atom. The van der Waals surface area contributed by atoms with Crippen LogP contribution < -0.4 is 19.5 Å². The Morgan fingerprint density at radius 3 is 2.88 bits per heavy atom. The molecule has 1 fully saturated rings. The number of hydrogen-bond donors (Lipinski definition) is 1. The van der Waals surface area contributed by atoms with E-state index in [1.807, 2.05) is 6.92 Å². The molecule has 1 saturated heterocycles. The maximum absolute atomic E-state index is 12.3. The van der Waals surface area contributed by atoms with Crippen LogP contribution in [0.2, 0.25) is 0 Å². The molecular formula is C16H22N2O6S. The lowest BCUT2D eigenvalue weighted by atomic mass is 10.2. The van der Waals surface area contributed by atoms with Gasteiger partial charge in [-0.15, -0.1) is 0 Å². The molecule has 9 heteroatoms. The van der Waals surface area contributed by atoms with Crippen LogP contribution in [0.1, 0.15) is 13.3 Å². The van der Waals surface area contributed by atoms with E-state index in [0.717, 1.165) is 0 Å². The first kappa shape index (κ1) is 17.7. The number of nitrogens with zero attached hydrogens (tertiary/aromatic N) is 1. The highest BCUT2D eigenvalue weighted by Crippen LogP contribution is 2.34. The molecule has 2 amide bonds. The average molecular weight is 370 g/mol. The van der Waals surface area contributed by atoms with Gasteiger partial charge in [-0.2, -0.15) is 0 Å². The number of urea groups is 1. The standard InChI is InChI=1S/C16H22N2O6S/c1-2-18(12-5-8-25(20,21)10-12)16(19)17-6-7-22-13-3-4-14-15(9-13)24-11-23-14/h3-4,9,12H,2,5-8,10-11H2,1H3,(H,17,19). The first-order chi connectivity index (χ1) is 12.0. The van der Waals surface area contributed by atoms with Crippen molar-refractivity contribution in [3.8, 4) is 17.2 Å². The third kappa shape index (κ3) is 4.28. The second kappa shape index (κ2) is 7.38. The first-order valence-corrected chi connectivity index (χ1v) is 10.1. The number of nitrogens with one attached hydrogen (secondary N) is 1. The van der Waals surface area contributed by atoms with Crippen molar-refractivity contribution in [2.75, 3.05) is 38.0 Å². The number of carbonyl (C=O) groups excluding carboxylic acids is 1. The summed E-state index contributed by atoms with van der Waals surface area (Å²) >= 11 is 0. The third-order valence-corrected chi connectivity index (χ3v) is 5.99. The fourth-order valence-electron chi connectivity index (χ4n) is 2.98. The largest absolute Gasteiger partial charge is 0.492 e. The molecule has 0 saturated carbocycles. The van der Waals surface area contributed by atoms with Crippen LogP contribution in [0.4, 0.5) is 4.79 Å². The summed E-state index contributed by atoms with van der Waals surface area (Å²) in [5.41, 5.74) is 0. The Hall–Kier alpha value is -2.16. The summed E-state index contributed by atoms with van der Waals surface area (Å²) < 4.78 is 39.3. The van der Waals surface area contributed by atoms with Gasteiger partial charge in [0.05, 0.1) is 18.1 Å². The highest BCUT2D eigenvalue weighted by atomic mass is 32.2. The predicted octanol–water partition coefficient (Wildman–Crippen LogP) is 1.01. The van der Waals surface area contributed by atoms with Crippen molar-refractivity contribution in [1.82, 2.24) is 10.2 Å². The molecule has 1 aromatic carbocycles. The van der Waals surface area contributed by atoms with Gasteiger partial charge >= 0.3 is 6.03 Å². The summed E-state index contributed by atoms with van der Waals surface area (Å²) in [6.45, 7) is 3.14. The van der Waals surface area contributed by atoms with Gasteiger partial charge in [0.25, 0.3) is 0 Å². The van der Waals surface area contributed by atoms with Gasteiger partial charge in [0.2, 0.25) is 6.79 Å². The monoisotopic (exact) mass is 370 g/mol. The molecule has 1 N–H and O–H groups in total. The van der Waals surface area contributed by atoms with Gasteiger partial charge in [0.1, 0.15) is 12.4 Å². The molecule has 2 aliphatic rings. The van der Waals surface area contributed by atoms with E-state index < -0.39 is 9.84 Å². The zero-order valence-electron chi connectivity index (χ0n) is 14.1. The highest BCUT2D eigenvalue weighted by Gasteiger charge is 2.33. The second-order valence-electron chi connectivity index (χ2n) is 5.94. The molecule has 138 valence electrons. The molecule has 2 heterocycles. The van der Waals surface area contributed by atoms with Crippen LogP contribution in [0.15, 0.2) is 18.2 Å². The molecular weight excluding hydrogens is 348 g/mol. The minimum atomic E-state index is -3.02. The molecule has 2 aliphatic heterocycles. The highest BCUT2D eigenvalue weighted by molar-refractivity contribution is 7.91. The Balaban J connectivity index is 1.44. The van der Waals surface area contributed by atoms with E-state index >= 15 is 0 Å². The van der Waals surface area contributed by atoms with Crippen LogP contribution in [-0.2, 0) is 9.84 Å². The molecule has 0 aliphatic carbocycles. The maximum Gasteiger partial charge on any atom is 0.317 e. The molecule has 1 aromatic rings. The second-order valence-corrected chi connectivity index (χ2v) is 8.17. The number of hydrogen-bond acceptors (Lipinski definition) is 6. The van der Waals surface area contributed by atoms with Crippen molar-refractivity contribution < 1.29 is 27.4 Å². The van der Waals surface area contributed by atoms with Gasteiger partial charge in [-0.05, 0) is 25.5 Å². The quantitative estimate of drug-likeness (QED) is 0.751. The van der Waals surface area contributed by atoms with Gasteiger partial charge in [-0.3, -0.25) is 0 Å². The Kier molecular flexibility index (Phi) is 5.22. The lowest BCUT2D eigenvalue weighted by Crippen LogP contribution is -2.47. The van der Waals surface area contributed by atoms with Gasteiger partial charge in [0, 0.05) is 18.7 Å². The van der Waals surface area contributed by atoms with Crippen LogP contribution >= 0.6 is 0 Å². The minimum Gasteiger partial charge on any atom is -0.492 e.